The average molecular weight is 320 g/mol. The van der Waals surface area contributed by atoms with Gasteiger partial charge in [0, 0.05) is 4.47 Å². The number of hydrogen-bond donors (Lipinski definition) is 1. The highest BCUT2D eigenvalue weighted by Gasteiger charge is 2.13. The largest absolute Gasteiger partial charge is 0.317 e. The zero-order valence-corrected chi connectivity index (χ0v) is 12.4. The van der Waals surface area contributed by atoms with Crippen molar-refractivity contribution in [1.29, 1.82) is 0 Å². The van der Waals surface area contributed by atoms with Crippen LogP contribution in [-0.2, 0) is 9.84 Å². The summed E-state index contributed by atoms with van der Waals surface area (Å²) in [6.45, 7) is 3.78. The highest BCUT2D eigenvalue weighted by molar-refractivity contribution is 9.10. The average Bonchev–Trinajstić information content (AvgIpc) is 2.29. The van der Waals surface area contributed by atoms with Gasteiger partial charge in [0.15, 0.2) is 9.84 Å². The van der Waals surface area contributed by atoms with Crippen molar-refractivity contribution >= 4 is 25.8 Å². The van der Waals surface area contributed by atoms with E-state index in [1.807, 2.05) is 6.07 Å². The Kier molecular flexibility index (Phi) is 6.16. The second-order valence-electron chi connectivity index (χ2n) is 3.88. The third kappa shape index (κ3) is 5.19. The lowest BCUT2D eigenvalue weighted by Crippen LogP contribution is -2.19. The molecule has 1 aromatic carbocycles. The van der Waals surface area contributed by atoms with Gasteiger partial charge in [-0.05, 0) is 44.1 Å². The molecule has 0 aliphatic rings. The minimum Gasteiger partial charge on any atom is -0.317 e. The van der Waals surface area contributed by atoms with Crippen LogP contribution < -0.4 is 5.32 Å². The van der Waals surface area contributed by atoms with E-state index in [0.29, 0.717) is 11.3 Å². The highest BCUT2D eigenvalue weighted by Crippen LogP contribution is 2.17. The summed E-state index contributed by atoms with van der Waals surface area (Å²) in [4.78, 5) is 0.391. The van der Waals surface area contributed by atoms with Crippen molar-refractivity contribution in [2.45, 2.75) is 24.7 Å². The van der Waals surface area contributed by atoms with Crippen molar-refractivity contribution in [3.8, 4) is 0 Å². The monoisotopic (exact) mass is 319 g/mol. The first-order chi connectivity index (χ1) is 8.06. The molecule has 0 saturated heterocycles. The molecule has 0 heterocycles. The van der Waals surface area contributed by atoms with E-state index >= 15 is 0 Å². The second-order valence-corrected chi connectivity index (χ2v) is 6.90. The summed E-state index contributed by atoms with van der Waals surface area (Å²) in [5.41, 5.74) is 0. The molecule has 0 aliphatic carbocycles. The van der Waals surface area contributed by atoms with Gasteiger partial charge in [0.05, 0.1) is 10.6 Å². The van der Waals surface area contributed by atoms with Gasteiger partial charge in [-0.3, -0.25) is 0 Å². The maximum Gasteiger partial charge on any atom is 0.178 e. The summed E-state index contributed by atoms with van der Waals surface area (Å²) >= 11 is 3.28. The summed E-state index contributed by atoms with van der Waals surface area (Å²) in [7, 11) is -3.14. The molecule has 0 saturated carbocycles. The lowest BCUT2D eigenvalue weighted by atomic mass is 10.4. The summed E-state index contributed by atoms with van der Waals surface area (Å²) in [6, 6.07) is 6.85. The van der Waals surface area contributed by atoms with Gasteiger partial charge in [0.25, 0.3) is 0 Å². The molecule has 1 rings (SSSR count). The van der Waals surface area contributed by atoms with E-state index in [9.17, 15) is 8.42 Å². The first kappa shape index (κ1) is 14.7. The Hall–Kier alpha value is -0.390. The third-order valence-electron chi connectivity index (χ3n) is 2.35. The molecule has 17 heavy (non-hydrogen) atoms. The molecule has 0 aliphatic heterocycles. The number of rotatable bonds is 7. The number of nitrogens with one attached hydrogen (secondary N) is 1. The Morgan fingerprint density at radius 3 is 2.71 bits per heavy atom. The molecule has 0 aromatic heterocycles. The molecule has 1 N–H and O–H groups in total. The van der Waals surface area contributed by atoms with Gasteiger partial charge < -0.3 is 5.32 Å². The summed E-state index contributed by atoms with van der Waals surface area (Å²) in [5, 5.41) is 3.20. The molecule has 5 heteroatoms. The fraction of sp³-hybridized carbons (Fsp3) is 0.500. The molecular formula is C12H18BrNO2S. The molecule has 0 amide bonds. The molecule has 1 aromatic rings. The molecular weight excluding hydrogens is 302 g/mol. The Balaban J connectivity index is 2.51. The van der Waals surface area contributed by atoms with Crippen LogP contribution in [0, 0.1) is 0 Å². The van der Waals surface area contributed by atoms with Gasteiger partial charge >= 0.3 is 0 Å². The molecule has 0 unspecified atom stereocenters. The van der Waals surface area contributed by atoms with Gasteiger partial charge in [-0.1, -0.05) is 28.9 Å². The maximum absolute atomic E-state index is 12.0. The summed E-state index contributed by atoms with van der Waals surface area (Å²) < 4.78 is 24.7. The van der Waals surface area contributed by atoms with E-state index in [-0.39, 0.29) is 5.75 Å². The smallest absolute Gasteiger partial charge is 0.178 e. The van der Waals surface area contributed by atoms with Crippen LogP contribution in [0.2, 0.25) is 0 Å². The summed E-state index contributed by atoms with van der Waals surface area (Å²) in [6.07, 6.45) is 1.72. The van der Waals surface area contributed by atoms with Gasteiger partial charge in [-0.15, -0.1) is 0 Å². The Morgan fingerprint density at radius 2 is 2.06 bits per heavy atom. The first-order valence-corrected chi connectivity index (χ1v) is 8.20. The van der Waals surface area contributed by atoms with Crippen molar-refractivity contribution in [1.82, 2.24) is 5.32 Å². The van der Waals surface area contributed by atoms with Gasteiger partial charge in [-0.25, -0.2) is 8.42 Å². The van der Waals surface area contributed by atoms with E-state index in [1.54, 1.807) is 18.2 Å². The highest BCUT2D eigenvalue weighted by atomic mass is 79.9. The van der Waals surface area contributed by atoms with Crippen LogP contribution in [0.1, 0.15) is 19.8 Å². The van der Waals surface area contributed by atoms with E-state index < -0.39 is 9.84 Å². The van der Waals surface area contributed by atoms with Crippen molar-refractivity contribution < 1.29 is 8.42 Å². The van der Waals surface area contributed by atoms with E-state index in [2.05, 4.69) is 28.2 Å². The Bertz CT molecular complexity index is 446. The zero-order chi connectivity index (χ0) is 12.7. The molecule has 0 fully saturated rings. The van der Waals surface area contributed by atoms with Crippen LogP contribution in [0.15, 0.2) is 33.6 Å². The maximum atomic E-state index is 12.0. The predicted molar refractivity (Wildman–Crippen MR) is 74.0 cm³/mol. The lowest BCUT2D eigenvalue weighted by molar-refractivity contribution is 0.588. The molecule has 0 bridgehead atoms. The number of hydrogen-bond acceptors (Lipinski definition) is 3. The second kappa shape index (κ2) is 7.13. The van der Waals surface area contributed by atoms with E-state index in [0.717, 1.165) is 24.0 Å². The van der Waals surface area contributed by atoms with E-state index in [1.165, 1.54) is 0 Å². The van der Waals surface area contributed by atoms with Gasteiger partial charge in [0.1, 0.15) is 0 Å². The first-order valence-electron chi connectivity index (χ1n) is 5.75. The van der Waals surface area contributed by atoms with Crippen molar-refractivity contribution in [3.05, 3.63) is 28.7 Å². The van der Waals surface area contributed by atoms with Crippen LogP contribution in [0.25, 0.3) is 0 Å². The Morgan fingerprint density at radius 1 is 1.29 bits per heavy atom. The third-order valence-corrected chi connectivity index (χ3v) is 4.64. The molecule has 0 radical (unpaired) electrons. The normalized spacial score (nSPS) is 11.6. The predicted octanol–water partition coefficient (Wildman–Crippen LogP) is 2.61. The SMILES string of the molecule is CCCNCCCS(=O)(=O)c1cccc(Br)c1. The quantitative estimate of drug-likeness (QED) is 0.786. The molecule has 96 valence electrons. The minimum absolute atomic E-state index is 0.195. The topological polar surface area (TPSA) is 46.2 Å². The van der Waals surface area contributed by atoms with Gasteiger partial charge in [-0.2, -0.15) is 0 Å². The van der Waals surface area contributed by atoms with Crippen molar-refractivity contribution in [3.63, 3.8) is 0 Å². The fourth-order valence-electron chi connectivity index (χ4n) is 1.47. The minimum atomic E-state index is -3.14. The molecule has 0 atom stereocenters. The van der Waals surface area contributed by atoms with Crippen LogP contribution >= 0.6 is 15.9 Å². The summed E-state index contributed by atoms with van der Waals surface area (Å²) in [5.74, 6) is 0.195. The number of sulfone groups is 1. The fourth-order valence-corrected chi connectivity index (χ4v) is 3.37. The van der Waals surface area contributed by atoms with Crippen molar-refractivity contribution in [2.75, 3.05) is 18.8 Å². The van der Waals surface area contributed by atoms with E-state index in [4.69, 9.17) is 0 Å². The van der Waals surface area contributed by atoms with Crippen LogP contribution in [0.5, 0.6) is 0 Å². The van der Waals surface area contributed by atoms with Gasteiger partial charge in [0.2, 0.25) is 0 Å². The van der Waals surface area contributed by atoms with Crippen LogP contribution in [-0.4, -0.2) is 27.3 Å². The Labute approximate surface area is 112 Å². The molecule has 0 spiro atoms. The molecule has 3 nitrogen and oxygen atoms in total. The number of halogens is 1. The standard InChI is InChI=1S/C12H18BrNO2S/c1-2-7-14-8-4-9-17(15,16)12-6-3-5-11(13)10-12/h3,5-6,10,14H,2,4,7-9H2,1H3. The zero-order valence-electron chi connectivity index (χ0n) is 9.95. The number of benzene rings is 1. The lowest BCUT2D eigenvalue weighted by Gasteiger charge is -2.05. The van der Waals surface area contributed by atoms with Crippen LogP contribution in [0.3, 0.4) is 0 Å². The van der Waals surface area contributed by atoms with Crippen LogP contribution in [0.4, 0.5) is 0 Å². The van der Waals surface area contributed by atoms with Crippen molar-refractivity contribution in [2.24, 2.45) is 0 Å².